The van der Waals surface area contributed by atoms with Crippen LogP contribution < -0.4 is 10.0 Å². The molecule has 0 radical (unpaired) electrons. The molecule has 1 spiro atoms. The largest absolute Gasteiger partial charge is 0.368 e. The fourth-order valence-electron chi connectivity index (χ4n) is 3.74. The number of nitrogens with zero attached hydrogens (tertiary/aromatic N) is 4. The molecule has 2 aromatic heterocycles. The summed E-state index contributed by atoms with van der Waals surface area (Å²) in [5.74, 6) is 0. The summed E-state index contributed by atoms with van der Waals surface area (Å²) >= 11 is -1.35. The van der Waals surface area contributed by atoms with Gasteiger partial charge in [-0.3, -0.25) is 0 Å². The van der Waals surface area contributed by atoms with Crippen LogP contribution in [-0.2, 0) is 11.2 Å². The summed E-state index contributed by atoms with van der Waals surface area (Å²) in [5, 5.41) is 9.74. The summed E-state index contributed by atoms with van der Waals surface area (Å²) in [4.78, 5) is 2.41. The molecule has 112 valence electrons. The van der Waals surface area contributed by atoms with Crippen LogP contribution in [0.15, 0.2) is 30.6 Å². The number of fused-ring (bicyclic) bond motifs is 1. The zero-order valence-electron chi connectivity index (χ0n) is 12.0. The minimum absolute atomic E-state index is 0.365. The molecule has 1 aliphatic heterocycles. The second-order valence-electron chi connectivity index (χ2n) is 6.29. The maximum Gasteiger partial charge on any atom is 0.167 e. The van der Waals surface area contributed by atoms with Crippen LogP contribution in [0.1, 0.15) is 12.8 Å². The number of anilines is 1. The number of hydrogen-bond donors (Lipinski definition) is 1. The Morgan fingerprint density at radius 3 is 2.90 bits per heavy atom. The summed E-state index contributed by atoms with van der Waals surface area (Å²) in [6.07, 6.45) is 6.00. The molecular weight excluding hydrogens is 286 g/mol. The minimum atomic E-state index is -1.35. The third-order valence-corrected chi connectivity index (χ3v) is 5.81. The lowest BCUT2D eigenvalue weighted by Gasteiger charge is -2.61. The minimum Gasteiger partial charge on any atom is -0.368 e. The molecule has 1 aliphatic carbocycles. The van der Waals surface area contributed by atoms with Crippen LogP contribution in [-0.4, -0.2) is 44.3 Å². The van der Waals surface area contributed by atoms with Crippen LogP contribution in [0.4, 0.5) is 5.69 Å². The highest BCUT2D eigenvalue weighted by Gasteiger charge is 2.54. The molecule has 6 nitrogen and oxygen atoms in total. The normalized spacial score (nSPS) is 22.5. The fraction of sp³-hybridized carbons (Fsp3) is 0.500. The van der Waals surface area contributed by atoms with Gasteiger partial charge in [0, 0.05) is 44.0 Å². The quantitative estimate of drug-likeness (QED) is 0.911. The number of nitrogens with two attached hydrogens (primary N) is 1. The molecule has 21 heavy (non-hydrogen) atoms. The molecular formula is C14H19N5OS. The first kappa shape index (κ1) is 13.2. The molecule has 2 N–H and O–H groups in total. The van der Waals surface area contributed by atoms with E-state index in [1.807, 2.05) is 30.0 Å². The van der Waals surface area contributed by atoms with E-state index in [9.17, 15) is 4.21 Å². The Kier molecular flexibility index (Phi) is 2.85. The van der Waals surface area contributed by atoms with Crippen molar-refractivity contribution in [2.45, 2.75) is 18.9 Å². The van der Waals surface area contributed by atoms with Crippen molar-refractivity contribution in [3.8, 4) is 0 Å². The van der Waals surface area contributed by atoms with E-state index in [4.69, 9.17) is 5.14 Å². The maximum absolute atomic E-state index is 11.3. The third kappa shape index (κ3) is 1.99. The molecule has 2 fully saturated rings. The van der Waals surface area contributed by atoms with E-state index in [1.54, 1.807) is 4.31 Å². The Morgan fingerprint density at radius 2 is 2.19 bits per heavy atom. The van der Waals surface area contributed by atoms with E-state index in [2.05, 4.69) is 22.1 Å². The zero-order chi connectivity index (χ0) is 14.6. The van der Waals surface area contributed by atoms with E-state index in [0.29, 0.717) is 11.5 Å². The SMILES string of the molecule is CN(C1CC2(C1)CN(c1ccnn3cccc13)C2)S(N)=O. The summed E-state index contributed by atoms with van der Waals surface area (Å²) < 4.78 is 15.0. The van der Waals surface area contributed by atoms with Crippen molar-refractivity contribution < 1.29 is 4.21 Å². The van der Waals surface area contributed by atoms with E-state index in [0.717, 1.165) is 31.4 Å². The van der Waals surface area contributed by atoms with Gasteiger partial charge in [0.1, 0.15) is 0 Å². The summed E-state index contributed by atoms with van der Waals surface area (Å²) in [6.45, 7) is 2.14. The molecule has 7 heteroatoms. The van der Waals surface area contributed by atoms with E-state index >= 15 is 0 Å². The average Bonchev–Trinajstić information content (AvgIpc) is 2.83. The van der Waals surface area contributed by atoms with Crippen LogP contribution in [0.3, 0.4) is 0 Å². The lowest BCUT2D eigenvalue weighted by Crippen LogP contribution is -2.66. The second kappa shape index (κ2) is 4.53. The predicted molar refractivity (Wildman–Crippen MR) is 83.0 cm³/mol. The smallest absolute Gasteiger partial charge is 0.167 e. The van der Waals surface area contributed by atoms with Gasteiger partial charge in [-0.2, -0.15) is 5.10 Å². The van der Waals surface area contributed by atoms with Gasteiger partial charge >= 0.3 is 0 Å². The van der Waals surface area contributed by atoms with Crippen molar-refractivity contribution in [2.24, 2.45) is 10.6 Å². The molecule has 1 unspecified atom stereocenters. The maximum atomic E-state index is 11.3. The number of hydrogen-bond acceptors (Lipinski definition) is 3. The topological polar surface area (TPSA) is 66.9 Å². The van der Waals surface area contributed by atoms with E-state index < -0.39 is 11.2 Å². The van der Waals surface area contributed by atoms with Crippen molar-refractivity contribution >= 4 is 22.4 Å². The van der Waals surface area contributed by atoms with Gasteiger partial charge in [0.15, 0.2) is 11.2 Å². The fourth-order valence-corrected chi connectivity index (χ4v) is 4.18. The van der Waals surface area contributed by atoms with Crippen molar-refractivity contribution in [1.29, 1.82) is 0 Å². The van der Waals surface area contributed by atoms with E-state index in [-0.39, 0.29) is 0 Å². The molecule has 0 bridgehead atoms. The Balaban J connectivity index is 1.45. The first-order valence-corrected chi connectivity index (χ1v) is 8.31. The molecule has 0 aromatic carbocycles. The lowest BCUT2D eigenvalue weighted by molar-refractivity contribution is 0.0228. The standard InChI is InChI=1S/C14H19N5OS/c1-17(21(15)20)11-7-14(8-11)9-18(10-14)12-4-5-16-19-6-2-3-13(12)19/h2-6,11H,7-10,15H2,1H3. The first-order chi connectivity index (χ1) is 10.1. The highest BCUT2D eigenvalue weighted by atomic mass is 32.2. The number of aromatic nitrogens is 2. The average molecular weight is 305 g/mol. The monoisotopic (exact) mass is 305 g/mol. The molecule has 3 heterocycles. The van der Waals surface area contributed by atoms with Crippen LogP contribution in [0.5, 0.6) is 0 Å². The first-order valence-electron chi connectivity index (χ1n) is 7.14. The van der Waals surface area contributed by atoms with Crippen molar-refractivity contribution in [1.82, 2.24) is 13.9 Å². The van der Waals surface area contributed by atoms with Crippen LogP contribution in [0.25, 0.3) is 5.52 Å². The highest BCUT2D eigenvalue weighted by Crippen LogP contribution is 2.51. The summed E-state index contributed by atoms with van der Waals surface area (Å²) in [7, 11) is 1.84. The Labute approximate surface area is 126 Å². The summed E-state index contributed by atoms with van der Waals surface area (Å²) in [6, 6.07) is 6.57. The van der Waals surface area contributed by atoms with Crippen molar-refractivity contribution in [3.05, 3.63) is 30.6 Å². The molecule has 4 rings (SSSR count). The predicted octanol–water partition coefficient (Wildman–Crippen LogP) is 0.772. The van der Waals surface area contributed by atoms with Gasteiger partial charge in [-0.05, 0) is 31.0 Å². The van der Waals surface area contributed by atoms with Crippen molar-refractivity contribution in [2.75, 3.05) is 25.0 Å². The highest BCUT2D eigenvalue weighted by molar-refractivity contribution is 7.80. The number of rotatable bonds is 3. The molecule has 0 amide bonds. The molecule has 2 aromatic rings. The Morgan fingerprint density at radius 1 is 1.43 bits per heavy atom. The van der Waals surface area contributed by atoms with E-state index in [1.165, 1.54) is 5.69 Å². The Hall–Kier alpha value is -1.44. The Bertz CT molecular complexity index is 700. The van der Waals surface area contributed by atoms with Gasteiger partial charge in [0.2, 0.25) is 0 Å². The second-order valence-corrected chi connectivity index (χ2v) is 7.42. The van der Waals surface area contributed by atoms with Crippen molar-refractivity contribution in [3.63, 3.8) is 0 Å². The summed E-state index contributed by atoms with van der Waals surface area (Å²) in [5.41, 5.74) is 2.80. The van der Waals surface area contributed by atoms with Crippen LogP contribution in [0, 0.1) is 5.41 Å². The van der Waals surface area contributed by atoms with Gasteiger partial charge in [-0.1, -0.05) is 0 Å². The molecule has 1 saturated heterocycles. The lowest BCUT2D eigenvalue weighted by atomic mass is 9.60. The van der Waals surface area contributed by atoms with Crippen LogP contribution >= 0.6 is 0 Å². The van der Waals surface area contributed by atoms with Gasteiger partial charge in [-0.25, -0.2) is 18.2 Å². The molecule has 1 saturated carbocycles. The van der Waals surface area contributed by atoms with Gasteiger partial charge in [0.25, 0.3) is 0 Å². The molecule has 1 atom stereocenters. The third-order valence-electron chi connectivity index (χ3n) is 4.94. The van der Waals surface area contributed by atoms with Gasteiger partial charge in [0.05, 0.1) is 11.2 Å². The molecule has 2 aliphatic rings. The van der Waals surface area contributed by atoms with Gasteiger partial charge < -0.3 is 4.90 Å². The van der Waals surface area contributed by atoms with Gasteiger partial charge in [-0.15, -0.1) is 0 Å². The zero-order valence-corrected chi connectivity index (χ0v) is 12.8. The van der Waals surface area contributed by atoms with Crippen LogP contribution in [0.2, 0.25) is 0 Å².